The molecule has 0 saturated carbocycles. The maximum Gasteiger partial charge on any atom is 0.279 e. The average Bonchev–Trinajstić information content (AvgIpc) is 2.82. The fourth-order valence-corrected chi connectivity index (χ4v) is 4.20. The minimum absolute atomic E-state index is 0.726. The standard InChI is InChI=1S/C29H47N2O/c1-2-3-4-5-6-7-8-9-10-11-12-13-14-15-16-20-25-32-29-27-31(24-23-30-29)26-28-21-18-17-19-22-28/h17-19,21-24,27H,2-16,20,25-26H2,1H3/q+1. The Bertz CT molecular complexity index is 674. The molecular formula is C29H47N2O+. The summed E-state index contributed by atoms with van der Waals surface area (Å²) in [5.74, 6) is 0.726. The lowest BCUT2D eigenvalue weighted by atomic mass is 10.0. The van der Waals surface area contributed by atoms with E-state index in [-0.39, 0.29) is 0 Å². The molecule has 0 radical (unpaired) electrons. The number of ether oxygens (including phenoxy) is 1. The Labute approximate surface area is 197 Å². The number of unbranched alkanes of at least 4 members (excludes halogenated alkanes) is 15. The molecule has 0 spiro atoms. The molecular weight excluding hydrogens is 392 g/mol. The van der Waals surface area contributed by atoms with Gasteiger partial charge in [-0.2, -0.15) is 4.57 Å². The Morgan fingerprint density at radius 2 is 1.22 bits per heavy atom. The van der Waals surface area contributed by atoms with Gasteiger partial charge in [-0.05, 0) is 6.42 Å². The van der Waals surface area contributed by atoms with E-state index in [0.717, 1.165) is 25.5 Å². The maximum absolute atomic E-state index is 5.87. The Morgan fingerprint density at radius 3 is 1.78 bits per heavy atom. The van der Waals surface area contributed by atoms with E-state index >= 15 is 0 Å². The fourth-order valence-electron chi connectivity index (χ4n) is 4.20. The normalized spacial score (nSPS) is 11.0. The molecule has 0 fully saturated rings. The van der Waals surface area contributed by atoms with Gasteiger partial charge in [-0.15, -0.1) is 0 Å². The first kappa shape index (κ1) is 26.4. The second kappa shape index (κ2) is 18.7. The van der Waals surface area contributed by atoms with Gasteiger partial charge in [0.05, 0.1) is 12.8 Å². The summed E-state index contributed by atoms with van der Waals surface area (Å²) in [6, 6.07) is 10.5. The molecule has 2 aromatic rings. The van der Waals surface area contributed by atoms with Crippen molar-refractivity contribution in [3.8, 4) is 5.88 Å². The van der Waals surface area contributed by atoms with Crippen molar-refractivity contribution >= 4 is 0 Å². The summed E-state index contributed by atoms with van der Waals surface area (Å²) < 4.78 is 8.00. The van der Waals surface area contributed by atoms with Gasteiger partial charge >= 0.3 is 0 Å². The van der Waals surface area contributed by atoms with Crippen molar-refractivity contribution in [3.63, 3.8) is 0 Å². The van der Waals surface area contributed by atoms with Gasteiger partial charge in [-0.25, -0.2) is 4.98 Å². The van der Waals surface area contributed by atoms with Gasteiger partial charge in [0.15, 0.2) is 12.7 Å². The zero-order chi connectivity index (χ0) is 22.5. The zero-order valence-corrected chi connectivity index (χ0v) is 20.6. The highest BCUT2D eigenvalue weighted by atomic mass is 16.5. The Kier molecular flexibility index (Phi) is 15.4. The Hall–Kier alpha value is -1.90. The topological polar surface area (TPSA) is 26.0 Å². The van der Waals surface area contributed by atoms with Crippen molar-refractivity contribution in [2.75, 3.05) is 6.61 Å². The third-order valence-electron chi connectivity index (χ3n) is 6.19. The van der Waals surface area contributed by atoms with Crippen molar-refractivity contribution in [3.05, 3.63) is 54.5 Å². The number of aromatic nitrogens is 2. The second-order valence-electron chi connectivity index (χ2n) is 9.20. The summed E-state index contributed by atoms with van der Waals surface area (Å²) in [5, 5.41) is 0. The molecule has 3 heteroatoms. The molecule has 3 nitrogen and oxygen atoms in total. The first-order chi connectivity index (χ1) is 15.9. The molecule has 0 unspecified atom stereocenters. The molecule has 32 heavy (non-hydrogen) atoms. The average molecular weight is 440 g/mol. The molecule has 0 bridgehead atoms. The molecule has 178 valence electrons. The quantitative estimate of drug-likeness (QED) is 0.154. The summed E-state index contributed by atoms with van der Waals surface area (Å²) >= 11 is 0. The minimum Gasteiger partial charge on any atom is -0.473 e. The lowest BCUT2D eigenvalue weighted by Gasteiger charge is -2.05. The van der Waals surface area contributed by atoms with Gasteiger partial charge in [-0.3, -0.25) is 0 Å². The number of hydrogen-bond donors (Lipinski definition) is 0. The van der Waals surface area contributed by atoms with Crippen LogP contribution in [0.15, 0.2) is 48.9 Å². The largest absolute Gasteiger partial charge is 0.473 e. The molecule has 0 aliphatic heterocycles. The molecule has 1 aromatic heterocycles. The van der Waals surface area contributed by atoms with E-state index in [9.17, 15) is 0 Å². The van der Waals surface area contributed by atoms with Gasteiger partial charge in [0.1, 0.15) is 0 Å². The number of rotatable bonds is 20. The lowest BCUT2D eigenvalue weighted by molar-refractivity contribution is -0.689. The van der Waals surface area contributed by atoms with Crippen LogP contribution in [0.1, 0.15) is 115 Å². The van der Waals surface area contributed by atoms with Crippen molar-refractivity contribution in [2.45, 2.75) is 116 Å². The number of benzene rings is 1. The second-order valence-corrected chi connectivity index (χ2v) is 9.20. The zero-order valence-electron chi connectivity index (χ0n) is 20.6. The predicted molar refractivity (Wildman–Crippen MR) is 135 cm³/mol. The molecule has 1 heterocycles. The number of nitrogens with zero attached hydrogens (tertiary/aromatic N) is 2. The summed E-state index contributed by atoms with van der Waals surface area (Å²) in [6.07, 6.45) is 28.1. The van der Waals surface area contributed by atoms with Crippen LogP contribution in [0, 0.1) is 0 Å². The summed E-state index contributed by atoms with van der Waals surface area (Å²) in [5.41, 5.74) is 1.28. The van der Waals surface area contributed by atoms with Crippen LogP contribution in [-0.2, 0) is 6.54 Å². The Balaban J connectivity index is 1.37. The van der Waals surface area contributed by atoms with Crippen LogP contribution in [0.2, 0.25) is 0 Å². The molecule has 0 aliphatic carbocycles. The molecule has 0 N–H and O–H groups in total. The highest BCUT2D eigenvalue weighted by molar-refractivity contribution is 5.13. The van der Waals surface area contributed by atoms with Gasteiger partial charge in [0, 0.05) is 5.56 Å². The SMILES string of the molecule is CCCCCCCCCCCCCCCCCCOc1c[n+](Cc2ccccc2)ccn1. The van der Waals surface area contributed by atoms with E-state index in [1.54, 1.807) is 0 Å². The Morgan fingerprint density at radius 1 is 0.688 bits per heavy atom. The van der Waals surface area contributed by atoms with Crippen LogP contribution in [-0.4, -0.2) is 11.6 Å². The summed E-state index contributed by atoms with van der Waals surface area (Å²) in [7, 11) is 0. The van der Waals surface area contributed by atoms with E-state index in [2.05, 4.69) is 40.7 Å². The van der Waals surface area contributed by atoms with Gasteiger partial charge in [0.25, 0.3) is 5.88 Å². The summed E-state index contributed by atoms with van der Waals surface area (Å²) in [4.78, 5) is 4.35. The van der Waals surface area contributed by atoms with Gasteiger partial charge in [-0.1, -0.05) is 134 Å². The first-order valence-corrected chi connectivity index (χ1v) is 13.4. The van der Waals surface area contributed by atoms with Crippen LogP contribution in [0.25, 0.3) is 0 Å². The minimum atomic E-state index is 0.726. The molecule has 0 atom stereocenters. The van der Waals surface area contributed by atoms with Crippen molar-refractivity contribution < 1.29 is 9.30 Å². The third-order valence-corrected chi connectivity index (χ3v) is 6.19. The van der Waals surface area contributed by atoms with E-state index in [1.165, 1.54) is 102 Å². The molecule has 1 aromatic carbocycles. The third kappa shape index (κ3) is 13.5. The van der Waals surface area contributed by atoms with Crippen LogP contribution in [0.4, 0.5) is 0 Å². The molecule has 0 saturated heterocycles. The van der Waals surface area contributed by atoms with E-state index in [4.69, 9.17) is 4.74 Å². The van der Waals surface area contributed by atoms with Crippen LogP contribution in [0.3, 0.4) is 0 Å². The fraction of sp³-hybridized carbons (Fsp3) is 0.655. The van der Waals surface area contributed by atoms with E-state index in [1.807, 2.05) is 24.7 Å². The highest BCUT2D eigenvalue weighted by Crippen LogP contribution is 2.14. The summed E-state index contributed by atoms with van der Waals surface area (Å²) in [6.45, 7) is 3.90. The van der Waals surface area contributed by atoms with Gasteiger partial charge < -0.3 is 4.74 Å². The molecule has 0 amide bonds. The van der Waals surface area contributed by atoms with Crippen LogP contribution < -0.4 is 9.30 Å². The van der Waals surface area contributed by atoms with Crippen LogP contribution in [0.5, 0.6) is 5.88 Å². The highest BCUT2D eigenvalue weighted by Gasteiger charge is 2.06. The molecule has 0 aliphatic rings. The van der Waals surface area contributed by atoms with Crippen molar-refractivity contribution in [1.82, 2.24) is 4.98 Å². The molecule has 2 rings (SSSR count). The van der Waals surface area contributed by atoms with Crippen molar-refractivity contribution in [1.29, 1.82) is 0 Å². The van der Waals surface area contributed by atoms with Crippen molar-refractivity contribution in [2.24, 2.45) is 0 Å². The van der Waals surface area contributed by atoms with E-state index < -0.39 is 0 Å². The van der Waals surface area contributed by atoms with E-state index in [0.29, 0.717) is 0 Å². The monoisotopic (exact) mass is 439 g/mol. The predicted octanol–water partition coefficient (Wildman–Crippen LogP) is 8.06. The smallest absolute Gasteiger partial charge is 0.279 e. The number of hydrogen-bond acceptors (Lipinski definition) is 2. The lowest BCUT2D eigenvalue weighted by Crippen LogP contribution is -2.33. The van der Waals surface area contributed by atoms with Gasteiger partial charge in [0.2, 0.25) is 6.20 Å². The first-order valence-electron chi connectivity index (χ1n) is 13.4. The van der Waals surface area contributed by atoms with Crippen LogP contribution >= 0.6 is 0 Å². The maximum atomic E-state index is 5.87.